The maximum Gasteiger partial charge on any atom is 0.118 e. The Bertz CT molecular complexity index is 645. The van der Waals surface area contributed by atoms with Crippen molar-refractivity contribution in [2.45, 2.75) is 0 Å². The Kier molecular flexibility index (Phi) is 4.43. The third kappa shape index (κ3) is 3.19. The van der Waals surface area contributed by atoms with Gasteiger partial charge in [0, 0.05) is 10.6 Å². The molecule has 0 spiro atoms. The molecule has 0 atom stereocenters. The number of carbonyl (C=O) groups is 1. The third-order valence-corrected chi connectivity index (χ3v) is 3.16. The number of halogens is 1. The molecule has 2 rings (SSSR count). The Morgan fingerprint density at radius 2 is 1.80 bits per heavy atom. The van der Waals surface area contributed by atoms with Crippen molar-refractivity contribution in [1.29, 1.82) is 0 Å². The van der Waals surface area contributed by atoms with Crippen LogP contribution in [0.15, 0.2) is 54.6 Å². The number of hydrogen-bond acceptors (Lipinski definition) is 3. The number of carboxylic acids is 1. The fourth-order valence-corrected chi connectivity index (χ4v) is 2.12. The van der Waals surface area contributed by atoms with Gasteiger partial charge in [0.2, 0.25) is 0 Å². The topological polar surface area (TPSA) is 49.4 Å². The lowest BCUT2D eigenvalue weighted by molar-refractivity contribution is -0.297. The normalized spacial score (nSPS) is 11.2. The molecular weight excluding hydrogens is 276 g/mol. The standard InChI is InChI=1S/C16H13ClO3/c1-20-12-8-6-11(7-9-12)14(10-16(18)19)13-4-2-3-5-15(13)17/h2-10H,1H3,(H,18,19)/p-1/b14-10-. The van der Waals surface area contributed by atoms with Gasteiger partial charge in [-0.05, 0) is 35.4 Å². The van der Waals surface area contributed by atoms with Crippen LogP contribution in [0.2, 0.25) is 5.02 Å². The number of carbonyl (C=O) groups excluding carboxylic acids is 1. The average molecular weight is 288 g/mol. The molecule has 0 amide bonds. The molecule has 0 aromatic heterocycles. The maximum absolute atomic E-state index is 10.9. The van der Waals surface area contributed by atoms with E-state index < -0.39 is 5.97 Å². The number of carboxylic acid groups (broad SMARTS) is 1. The molecular formula is C16H12ClO3-. The smallest absolute Gasteiger partial charge is 0.118 e. The van der Waals surface area contributed by atoms with Crippen LogP contribution in [-0.2, 0) is 4.79 Å². The second-order valence-electron chi connectivity index (χ2n) is 4.09. The minimum Gasteiger partial charge on any atom is -0.545 e. The van der Waals surface area contributed by atoms with Gasteiger partial charge >= 0.3 is 0 Å². The van der Waals surface area contributed by atoms with Crippen LogP contribution in [0.1, 0.15) is 11.1 Å². The molecule has 0 saturated heterocycles. The summed E-state index contributed by atoms with van der Waals surface area (Å²) in [6, 6.07) is 14.1. The van der Waals surface area contributed by atoms with Gasteiger partial charge in [-0.1, -0.05) is 41.9 Å². The van der Waals surface area contributed by atoms with Crippen molar-refractivity contribution in [1.82, 2.24) is 0 Å². The quantitative estimate of drug-likeness (QED) is 0.812. The highest BCUT2D eigenvalue weighted by atomic mass is 35.5. The molecule has 2 aromatic rings. The molecule has 102 valence electrons. The Labute approximate surface area is 122 Å². The van der Waals surface area contributed by atoms with Crippen LogP contribution in [-0.4, -0.2) is 13.1 Å². The van der Waals surface area contributed by atoms with E-state index in [-0.39, 0.29) is 0 Å². The fraction of sp³-hybridized carbons (Fsp3) is 0.0625. The number of hydrogen-bond donors (Lipinski definition) is 0. The van der Waals surface area contributed by atoms with Gasteiger partial charge in [-0.15, -0.1) is 0 Å². The minimum atomic E-state index is -1.27. The van der Waals surface area contributed by atoms with E-state index in [2.05, 4.69) is 0 Å². The second-order valence-corrected chi connectivity index (χ2v) is 4.49. The summed E-state index contributed by atoms with van der Waals surface area (Å²) in [7, 11) is 1.57. The lowest BCUT2D eigenvalue weighted by Crippen LogP contribution is -2.19. The number of benzene rings is 2. The number of rotatable bonds is 4. The predicted octanol–water partition coefficient (Wildman–Crippen LogP) is 2.53. The summed E-state index contributed by atoms with van der Waals surface area (Å²) in [5.41, 5.74) is 1.87. The maximum atomic E-state index is 10.9. The second kappa shape index (κ2) is 6.26. The zero-order chi connectivity index (χ0) is 14.5. The molecule has 0 N–H and O–H groups in total. The van der Waals surface area contributed by atoms with E-state index in [1.165, 1.54) is 0 Å². The SMILES string of the molecule is COc1ccc(/C(=C/C(=O)[O-])c2ccccc2Cl)cc1. The van der Waals surface area contributed by atoms with Crippen LogP contribution < -0.4 is 9.84 Å². The fourth-order valence-electron chi connectivity index (χ4n) is 1.88. The van der Waals surface area contributed by atoms with Gasteiger partial charge in [-0.25, -0.2) is 0 Å². The Morgan fingerprint density at radius 3 is 2.35 bits per heavy atom. The van der Waals surface area contributed by atoms with Gasteiger partial charge in [0.25, 0.3) is 0 Å². The monoisotopic (exact) mass is 287 g/mol. The highest BCUT2D eigenvalue weighted by Crippen LogP contribution is 2.30. The summed E-state index contributed by atoms with van der Waals surface area (Å²) in [5.74, 6) is -0.573. The summed E-state index contributed by atoms with van der Waals surface area (Å²) >= 11 is 6.13. The van der Waals surface area contributed by atoms with E-state index in [4.69, 9.17) is 16.3 Å². The van der Waals surface area contributed by atoms with Gasteiger partial charge in [-0.2, -0.15) is 0 Å². The Morgan fingerprint density at radius 1 is 1.15 bits per heavy atom. The Hall–Kier alpha value is -2.26. The van der Waals surface area contributed by atoms with Crippen LogP contribution in [0, 0.1) is 0 Å². The highest BCUT2D eigenvalue weighted by molar-refractivity contribution is 6.32. The van der Waals surface area contributed by atoms with Crippen molar-refractivity contribution in [2.24, 2.45) is 0 Å². The summed E-state index contributed by atoms with van der Waals surface area (Å²) in [6.45, 7) is 0. The van der Waals surface area contributed by atoms with E-state index in [0.717, 1.165) is 11.6 Å². The van der Waals surface area contributed by atoms with Crippen molar-refractivity contribution in [3.05, 3.63) is 70.8 Å². The van der Waals surface area contributed by atoms with Crippen molar-refractivity contribution < 1.29 is 14.6 Å². The van der Waals surface area contributed by atoms with Crippen molar-refractivity contribution in [3.63, 3.8) is 0 Å². The lowest BCUT2D eigenvalue weighted by Gasteiger charge is -2.11. The van der Waals surface area contributed by atoms with Crippen LogP contribution >= 0.6 is 11.6 Å². The Balaban J connectivity index is 2.53. The van der Waals surface area contributed by atoms with E-state index in [1.54, 1.807) is 55.6 Å². The van der Waals surface area contributed by atoms with Crippen LogP contribution in [0.4, 0.5) is 0 Å². The minimum absolute atomic E-state index is 0.482. The molecule has 0 unspecified atom stereocenters. The van der Waals surface area contributed by atoms with Gasteiger partial charge in [0.05, 0.1) is 13.1 Å². The summed E-state index contributed by atoms with van der Waals surface area (Å²) in [4.78, 5) is 10.9. The molecule has 0 saturated carbocycles. The van der Waals surface area contributed by atoms with Gasteiger partial charge in [0.15, 0.2) is 0 Å². The third-order valence-electron chi connectivity index (χ3n) is 2.83. The van der Waals surface area contributed by atoms with E-state index in [1.807, 2.05) is 0 Å². The zero-order valence-electron chi connectivity index (χ0n) is 10.8. The largest absolute Gasteiger partial charge is 0.545 e. The number of aliphatic carboxylic acids is 1. The first-order valence-electron chi connectivity index (χ1n) is 5.94. The molecule has 0 radical (unpaired) electrons. The molecule has 3 nitrogen and oxygen atoms in total. The van der Waals surface area contributed by atoms with Crippen molar-refractivity contribution in [3.8, 4) is 5.75 Å². The summed E-state index contributed by atoms with van der Waals surface area (Å²) < 4.78 is 5.09. The van der Waals surface area contributed by atoms with E-state index in [9.17, 15) is 9.90 Å². The van der Waals surface area contributed by atoms with Crippen LogP contribution in [0.25, 0.3) is 5.57 Å². The molecule has 0 aliphatic carbocycles. The van der Waals surface area contributed by atoms with Gasteiger partial charge < -0.3 is 14.6 Å². The molecule has 20 heavy (non-hydrogen) atoms. The number of ether oxygens (including phenoxy) is 1. The first-order chi connectivity index (χ1) is 9.61. The van der Waals surface area contributed by atoms with Crippen molar-refractivity contribution in [2.75, 3.05) is 7.11 Å². The first-order valence-corrected chi connectivity index (χ1v) is 6.31. The predicted molar refractivity (Wildman–Crippen MR) is 76.5 cm³/mol. The molecule has 0 fully saturated rings. The molecule has 0 aliphatic heterocycles. The molecule has 0 heterocycles. The molecule has 4 heteroatoms. The van der Waals surface area contributed by atoms with Crippen LogP contribution in [0.3, 0.4) is 0 Å². The number of methoxy groups -OCH3 is 1. The van der Waals surface area contributed by atoms with Crippen molar-refractivity contribution >= 4 is 23.1 Å². The van der Waals surface area contributed by atoms with Crippen LogP contribution in [0.5, 0.6) is 5.75 Å². The lowest BCUT2D eigenvalue weighted by atomic mass is 9.97. The van der Waals surface area contributed by atoms with E-state index in [0.29, 0.717) is 21.9 Å². The highest BCUT2D eigenvalue weighted by Gasteiger charge is 2.09. The zero-order valence-corrected chi connectivity index (χ0v) is 11.6. The van der Waals surface area contributed by atoms with Gasteiger partial charge in [-0.3, -0.25) is 0 Å². The van der Waals surface area contributed by atoms with Gasteiger partial charge in [0.1, 0.15) is 5.75 Å². The molecule has 0 aliphatic rings. The molecule has 2 aromatic carbocycles. The molecule has 0 bridgehead atoms. The summed E-state index contributed by atoms with van der Waals surface area (Å²) in [6.07, 6.45) is 1.04. The average Bonchev–Trinajstić information content (AvgIpc) is 2.46. The first kappa shape index (κ1) is 14.2. The van der Waals surface area contributed by atoms with E-state index >= 15 is 0 Å². The summed E-state index contributed by atoms with van der Waals surface area (Å²) in [5, 5.41) is 11.4.